The van der Waals surface area contributed by atoms with E-state index >= 15 is 0 Å². The van der Waals surface area contributed by atoms with Crippen LogP contribution in [0, 0.1) is 0 Å². The second-order valence-electron chi connectivity index (χ2n) is 4.68. The summed E-state index contributed by atoms with van der Waals surface area (Å²) in [4.78, 5) is 11.6. The van der Waals surface area contributed by atoms with Crippen molar-refractivity contribution in [3.63, 3.8) is 0 Å². The van der Waals surface area contributed by atoms with Gasteiger partial charge in [0.25, 0.3) is 0 Å². The lowest BCUT2D eigenvalue weighted by atomic mass is 9.94. The molecule has 0 unspecified atom stereocenters. The van der Waals surface area contributed by atoms with Crippen molar-refractivity contribution in [2.75, 3.05) is 32.1 Å². The van der Waals surface area contributed by atoms with E-state index in [1.54, 1.807) is 6.92 Å². The molecule has 1 amide bonds. The molecule has 20 heavy (non-hydrogen) atoms. The van der Waals surface area contributed by atoms with Crippen molar-refractivity contribution in [1.82, 2.24) is 10.0 Å². The van der Waals surface area contributed by atoms with Crippen LogP contribution in [0.15, 0.2) is 0 Å². The Morgan fingerprint density at radius 3 is 2.35 bits per heavy atom. The number of carbonyl (C=O) groups is 1. The molecule has 8 heteroatoms. The molecule has 0 saturated carbocycles. The summed E-state index contributed by atoms with van der Waals surface area (Å²) >= 11 is 0. The fraction of sp³-hybridized carbons (Fsp3) is 0.917. The third kappa shape index (κ3) is 8.47. The van der Waals surface area contributed by atoms with Crippen LogP contribution in [0.4, 0.5) is 0 Å². The van der Waals surface area contributed by atoms with Crippen molar-refractivity contribution < 1.29 is 17.9 Å². The molecule has 0 atom stereocenters. The Kier molecular flexibility index (Phi) is 8.95. The highest BCUT2D eigenvalue weighted by Crippen LogP contribution is 2.08. The van der Waals surface area contributed by atoms with Gasteiger partial charge in [0.1, 0.15) is 0 Å². The summed E-state index contributed by atoms with van der Waals surface area (Å²) in [5.74, 6) is -0.541. The number of nitrogens with one attached hydrogen (secondary N) is 2. The van der Waals surface area contributed by atoms with Gasteiger partial charge >= 0.3 is 0 Å². The van der Waals surface area contributed by atoms with Gasteiger partial charge in [-0.3, -0.25) is 4.79 Å². The van der Waals surface area contributed by atoms with Gasteiger partial charge in [-0.15, -0.1) is 0 Å². The number of sulfonamides is 1. The van der Waals surface area contributed by atoms with E-state index in [2.05, 4.69) is 10.0 Å². The Labute approximate surface area is 121 Å². The predicted molar refractivity (Wildman–Crippen MR) is 78.8 cm³/mol. The van der Waals surface area contributed by atoms with Crippen LogP contribution in [0.5, 0.6) is 0 Å². The molecule has 0 aromatic heterocycles. The van der Waals surface area contributed by atoms with Gasteiger partial charge in [-0.05, 0) is 19.8 Å². The normalized spacial score (nSPS) is 12.4. The number of hydrogen-bond donors (Lipinski definition) is 3. The van der Waals surface area contributed by atoms with Crippen molar-refractivity contribution in [2.24, 2.45) is 5.73 Å². The maximum absolute atomic E-state index is 11.6. The van der Waals surface area contributed by atoms with Gasteiger partial charge in [-0.1, -0.05) is 13.8 Å². The van der Waals surface area contributed by atoms with Crippen LogP contribution in [0.25, 0.3) is 0 Å². The fourth-order valence-electron chi connectivity index (χ4n) is 1.40. The molecular formula is C12H27N3O4S. The first kappa shape index (κ1) is 19.3. The molecule has 0 fully saturated rings. The average Bonchev–Trinajstić information content (AvgIpc) is 2.43. The van der Waals surface area contributed by atoms with Crippen LogP contribution in [0.1, 0.15) is 33.6 Å². The topological polar surface area (TPSA) is 111 Å². The minimum absolute atomic E-state index is 0.116. The molecule has 0 rings (SSSR count). The largest absolute Gasteiger partial charge is 0.381 e. The van der Waals surface area contributed by atoms with E-state index in [1.807, 2.05) is 13.8 Å². The minimum Gasteiger partial charge on any atom is -0.381 e. The van der Waals surface area contributed by atoms with Gasteiger partial charge < -0.3 is 15.8 Å². The number of hydrogen-bond acceptors (Lipinski definition) is 5. The summed E-state index contributed by atoms with van der Waals surface area (Å²) in [5, 5.41) is 2.64. The fourth-order valence-corrected chi connectivity index (χ4v) is 2.23. The number of nitrogens with two attached hydrogens (primary N) is 1. The molecule has 4 N–H and O–H groups in total. The summed E-state index contributed by atoms with van der Waals surface area (Å²) in [5.41, 5.74) is 5.60. The Morgan fingerprint density at radius 2 is 1.85 bits per heavy atom. The Balaban J connectivity index is 4.04. The molecule has 0 spiro atoms. The van der Waals surface area contributed by atoms with E-state index in [0.717, 1.165) is 12.8 Å². The van der Waals surface area contributed by atoms with E-state index in [9.17, 15) is 13.2 Å². The molecule has 0 aromatic rings. The zero-order valence-electron chi connectivity index (χ0n) is 12.6. The summed E-state index contributed by atoms with van der Waals surface area (Å²) in [6.07, 6.45) is 1.48. The molecule has 0 saturated heterocycles. The molecule has 0 aliphatic rings. The quantitative estimate of drug-likeness (QED) is 0.449. The standard InChI is InChI=1S/C12H27N3O4S/c1-4-12(13,5-2)10-14-11(16)9-15-20(17,18)8-7-19-6-3/h15H,4-10,13H2,1-3H3,(H,14,16). The van der Waals surface area contributed by atoms with Gasteiger partial charge in [0.15, 0.2) is 0 Å². The summed E-state index contributed by atoms with van der Waals surface area (Å²) in [6.45, 7) is 6.32. The second-order valence-corrected chi connectivity index (χ2v) is 6.61. The monoisotopic (exact) mass is 309 g/mol. The lowest BCUT2D eigenvalue weighted by Gasteiger charge is -2.26. The van der Waals surface area contributed by atoms with E-state index in [4.69, 9.17) is 10.5 Å². The van der Waals surface area contributed by atoms with Crippen LogP contribution in [0.2, 0.25) is 0 Å². The molecule has 0 bridgehead atoms. The summed E-state index contributed by atoms with van der Waals surface area (Å²) in [7, 11) is -3.48. The maximum Gasteiger partial charge on any atom is 0.235 e. The molecule has 0 radical (unpaired) electrons. The third-order valence-corrected chi connectivity index (χ3v) is 4.49. The highest BCUT2D eigenvalue weighted by atomic mass is 32.2. The first-order chi connectivity index (χ1) is 9.28. The summed E-state index contributed by atoms with van der Waals surface area (Å²) < 4.78 is 30.2. The molecule has 7 nitrogen and oxygen atoms in total. The van der Waals surface area contributed by atoms with E-state index in [1.165, 1.54) is 0 Å². The number of rotatable bonds is 11. The van der Waals surface area contributed by atoms with Crippen molar-refractivity contribution >= 4 is 15.9 Å². The molecule has 120 valence electrons. The van der Waals surface area contributed by atoms with E-state index in [-0.39, 0.29) is 24.8 Å². The molecule has 0 aliphatic carbocycles. The lowest BCUT2D eigenvalue weighted by molar-refractivity contribution is -0.120. The van der Waals surface area contributed by atoms with Crippen LogP contribution in [-0.4, -0.2) is 51.9 Å². The number of ether oxygens (including phenoxy) is 1. The van der Waals surface area contributed by atoms with E-state index < -0.39 is 15.6 Å². The SMILES string of the molecule is CCOCCS(=O)(=O)NCC(=O)NCC(N)(CC)CC. The Bertz CT molecular complexity index is 380. The van der Waals surface area contributed by atoms with Crippen LogP contribution in [-0.2, 0) is 19.6 Å². The Morgan fingerprint density at radius 1 is 1.25 bits per heavy atom. The van der Waals surface area contributed by atoms with Crippen LogP contribution < -0.4 is 15.8 Å². The van der Waals surface area contributed by atoms with Gasteiger partial charge in [0, 0.05) is 18.7 Å². The molecule has 0 aliphatic heterocycles. The third-order valence-electron chi connectivity index (χ3n) is 3.20. The minimum atomic E-state index is -3.48. The average molecular weight is 309 g/mol. The van der Waals surface area contributed by atoms with Gasteiger partial charge in [0.2, 0.25) is 15.9 Å². The van der Waals surface area contributed by atoms with Crippen molar-refractivity contribution in [3.8, 4) is 0 Å². The number of carbonyl (C=O) groups excluding carboxylic acids is 1. The van der Waals surface area contributed by atoms with E-state index in [0.29, 0.717) is 13.2 Å². The predicted octanol–water partition coefficient (Wildman–Crippen LogP) is -0.424. The first-order valence-electron chi connectivity index (χ1n) is 6.89. The van der Waals surface area contributed by atoms with Crippen molar-refractivity contribution in [3.05, 3.63) is 0 Å². The number of amides is 1. The zero-order valence-corrected chi connectivity index (χ0v) is 13.4. The highest BCUT2D eigenvalue weighted by molar-refractivity contribution is 7.89. The van der Waals surface area contributed by atoms with Gasteiger partial charge in [-0.2, -0.15) is 0 Å². The van der Waals surface area contributed by atoms with Crippen molar-refractivity contribution in [1.29, 1.82) is 0 Å². The van der Waals surface area contributed by atoms with Gasteiger partial charge in [0.05, 0.1) is 18.9 Å². The smallest absolute Gasteiger partial charge is 0.235 e. The second kappa shape index (κ2) is 9.28. The molecule has 0 aromatic carbocycles. The molecular weight excluding hydrogens is 282 g/mol. The van der Waals surface area contributed by atoms with Gasteiger partial charge in [-0.25, -0.2) is 13.1 Å². The summed E-state index contributed by atoms with van der Waals surface area (Å²) in [6, 6.07) is 0. The zero-order chi connectivity index (χ0) is 15.6. The van der Waals surface area contributed by atoms with Crippen LogP contribution in [0.3, 0.4) is 0 Å². The first-order valence-corrected chi connectivity index (χ1v) is 8.54. The molecule has 0 heterocycles. The lowest BCUT2D eigenvalue weighted by Crippen LogP contribution is -2.51. The Hall–Kier alpha value is -0.700. The van der Waals surface area contributed by atoms with Crippen molar-refractivity contribution in [2.45, 2.75) is 39.2 Å². The highest BCUT2D eigenvalue weighted by Gasteiger charge is 2.21. The van der Waals surface area contributed by atoms with Crippen LogP contribution >= 0.6 is 0 Å². The maximum atomic E-state index is 11.6.